The molecule has 2 aromatic carbocycles. The summed E-state index contributed by atoms with van der Waals surface area (Å²) >= 11 is 11.2. The van der Waals surface area contributed by atoms with Crippen LogP contribution in [0.25, 0.3) is 0 Å². The van der Waals surface area contributed by atoms with E-state index in [-0.39, 0.29) is 10.0 Å². The highest BCUT2D eigenvalue weighted by molar-refractivity contribution is 14.1. The molecule has 1 N–H and O–H groups in total. The molecule has 106 valence electrons. The van der Waals surface area contributed by atoms with Crippen molar-refractivity contribution < 1.29 is 8.78 Å². The third kappa shape index (κ3) is 3.16. The quantitative estimate of drug-likeness (QED) is 0.473. The van der Waals surface area contributed by atoms with Gasteiger partial charge in [0.15, 0.2) is 0 Å². The van der Waals surface area contributed by atoms with Crippen LogP contribution in [0.4, 0.5) is 8.78 Å². The summed E-state index contributed by atoms with van der Waals surface area (Å²) in [4.78, 5) is 0. The van der Waals surface area contributed by atoms with E-state index >= 15 is 0 Å². The Labute approximate surface area is 143 Å². The Balaban J connectivity index is 2.64. The molecule has 1 unspecified atom stereocenters. The summed E-state index contributed by atoms with van der Waals surface area (Å²) in [5, 5.41) is 3.47. The van der Waals surface area contributed by atoms with Gasteiger partial charge in [0.2, 0.25) is 0 Å². The van der Waals surface area contributed by atoms with Crippen LogP contribution in [0.3, 0.4) is 0 Å². The first kappa shape index (κ1) is 16.1. The highest BCUT2D eigenvalue weighted by atomic mass is 127. The van der Waals surface area contributed by atoms with Crippen LogP contribution in [-0.2, 0) is 0 Å². The molecule has 0 aliphatic carbocycles. The Morgan fingerprint density at radius 2 is 1.95 bits per heavy atom. The van der Waals surface area contributed by atoms with Crippen molar-refractivity contribution in [1.29, 1.82) is 0 Å². The first-order valence-electron chi connectivity index (χ1n) is 5.71. The van der Waals surface area contributed by atoms with E-state index in [1.165, 1.54) is 12.1 Å². The zero-order valence-corrected chi connectivity index (χ0v) is 14.9. The van der Waals surface area contributed by atoms with Crippen LogP contribution in [-0.4, -0.2) is 7.05 Å². The molecule has 1 nitrogen and oxygen atoms in total. The predicted molar refractivity (Wildman–Crippen MR) is 89.1 cm³/mol. The number of nitrogens with one attached hydrogen (secondary N) is 1. The minimum Gasteiger partial charge on any atom is -0.309 e. The second-order valence-electron chi connectivity index (χ2n) is 4.14. The second-order valence-corrected chi connectivity index (χ2v) is 6.60. The standard InChI is InChI=1S/C14H10BrClF2IN/c1-20-14(8-6-7(16)2-5-11(8)19)12-10(17)4-3-9(15)13(12)18/h2-6,14,20H,1H3. The Morgan fingerprint density at radius 1 is 1.25 bits per heavy atom. The van der Waals surface area contributed by atoms with Crippen LogP contribution in [0.1, 0.15) is 17.2 Å². The fourth-order valence-electron chi connectivity index (χ4n) is 2.00. The van der Waals surface area contributed by atoms with Gasteiger partial charge in [-0.25, -0.2) is 8.78 Å². The third-order valence-corrected chi connectivity index (χ3v) is 4.76. The molecule has 0 saturated heterocycles. The molecule has 2 rings (SSSR count). The lowest BCUT2D eigenvalue weighted by atomic mass is 9.98. The van der Waals surface area contributed by atoms with Gasteiger partial charge in [0.1, 0.15) is 11.6 Å². The molecule has 0 amide bonds. The van der Waals surface area contributed by atoms with Crippen LogP contribution >= 0.6 is 50.1 Å². The maximum atomic E-state index is 14.3. The lowest BCUT2D eigenvalue weighted by molar-refractivity contribution is 0.518. The molecule has 0 bridgehead atoms. The van der Waals surface area contributed by atoms with Crippen molar-refractivity contribution >= 4 is 50.1 Å². The minimum atomic E-state index is -0.613. The Morgan fingerprint density at radius 3 is 2.60 bits per heavy atom. The van der Waals surface area contributed by atoms with Gasteiger partial charge in [-0.3, -0.25) is 0 Å². The van der Waals surface area contributed by atoms with Gasteiger partial charge in [0.05, 0.1) is 10.5 Å². The van der Waals surface area contributed by atoms with Crippen molar-refractivity contribution in [3.63, 3.8) is 0 Å². The first-order valence-corrected chi connectivity index (χ1v) is 7.96. The molecule has 2 aromatic rings. The number of hydrogen-bond donors (Lipinski definition) is 1. The summed E-state index contributed by atoms with van der Waals surface area (Å²) in [7, 11) is 1.65. The molecule has 0 aliphatic rings. The Hall–Kier alpha value is -0.240. The maximum absolute atomic E-state index is 14.3. The fourth-order valence-corrected chi connectivity index (χ4v) is 3.17. The minimum absolute atomic E-state index is 0.0259. The number of halogens is 5. The predicted octanol–water partition coefficient (Wildman–Crippen LogP) is 5.29. The molecule has 0 heterocycles. The number of benzene rings is 2. The maximum Gasteiger partial charge on any atom is 0.145 e. The van der Waals surface area contributed by atoms with Gasteiger partial charge in [0.25, 0.3) is 0 Å². The topological polar surface area (TPSA) is 12.0 Å². The smallest absolute Gasteiger partial charge is 0.145 e. The van der Waals surface area contributed by atoms with E-state index in [1.54, 1.807) is 19.2 Å². The Bertz CT molecular complexity index is 651. The van der Waals surface area contributed by atoms with Gasteiger partial charge in [-0.15, -0.1) is 0 Å². The first-order chi connectivity index (χ1) is 9.45. The average molecular weight is 472 g/mol. The van der Waals surface area contributed by atoms with Gasteiger partial charge in [-0.1, -0.05) is 11.6 Å². The lowest BCUT2D eigenvalue weighted by Gasteiger charge is -2.20. The SMILES string of the molecule is CNC(c1cc(Cl)ccc1I)c1c(F)ccc(Br)c1F. The highest BCUT2D eigenvalue weighted by Crippen LogP contribution is 2.33. The molecule has 20 heavy (non-hydrogen) atoms. The summed E-state index contributed by atoms with van der Waals surface area (Å²) in [5.74, 6) is -1.21. The van der Waals surface area contributed by atoms with Crippen LogP contribution < -0.4 is 5.32 Å². The molecular formula is C14H10BrClF2IN. The van der Waals surface area contributed by atoms with E-state index in [9.17, 15) is 8.78 Å². The lowest BCUT2D eigenvalue weighted by Crippen LogP contribution is -2.21. The molecular weight excluding hydrogens is 462 g/mol. The summed E-state index contributed by atoms with van der Waals surface area (Å²) in [5.41, 5.74) is 0.707. The van der Waals surface area contributed by atoms with Crippen molar-refractivity contribution in [2.75, 3.05) is 7.05 Å². The molecule has 0 fully saturated rings. The molecule has 6 heteroatoms. The van der Waals surface area contributed by atoms with E-state index in [0.717, 1.165) is 9.13 Å². The van der Waals surface area contributed by atoms with E-state index in [0.29, 0.717) is 5.02 Å². The van der Waals surface area contributed by atoms with Gasteiger partial charge in [-0.05, 0) is 81.5 Å². The molecule has 0 saturated carbocycles. The zero-order chi connectivity index (χ0) is 14.9. The van der Waals surface area contributed by atoms with E-state index in [2.05, 4.69) is 43.8 Å². The molecule has 0 aromatic heterocycles. The van der Waals surface area contributed by atoms with Crippen molar-refractivity contribution in [3.8, 4) is 0 Å². The van der Waals surface area contributed by atoms with E-state index in [4.69, 9.17) is 11.6 Å². The average Bonchev–Trinajstić information content (AvgIpc) is 2.42. The van der Waals surface area contributed by atoms with Gasteiger partial charge in [0, 0.05) is 14.2 Å². The van der Waals surface area contributed by atoms with Crippen molar-refractivity contribution in [1.82, 2.24) is 5.32 Å². The summed E-state index contributed by atoms with van der Waals surface area (Å²) < 4.78 is 29.4. The van der Waals surface area contributed by atoms with Gasteiger partial charge < -0.3 is 5.32 Å². The van der Waals surface area contributed by atoms with Crippen LogP contribution in [0.2, 0.25) is 5.02 Å². The molecule has 0 spiro atoms. The molecule has 0 aliphatic heterocycles. The van der Waals surface area contributed by atoms with E-state index in [1.807, 2.05) is 6.07 Å². The van der Waals surface area contributed by atoms with Crippen LogP contribution in [0, 0.1) is 15.2 Å². The van der Waals surface area contributed by atoms with Crippen molar-refractivity contribution in [2.24, 2.45) is 0 Å². The number of rotatable bonds is 3. The highest BCUT2D eigenvalue weighted by Gasteiger charge is 2.24. The van der Waals surface area contributed by atoms with Crippen molar-refractivity contribution in [3.05, 3.63) is 66.2 Å². The zero-order valence-electron chi connectivity index (χ0n) is 10.4. The Kier molecular flexibility index (Phi) is 5.39. The molecule has 0 radical (unpaired) electrons. The van der Waals surface area contributed by atoms with E-state index < -0.39 is 17.7 Å². The fraction of sp³-hybridized carbons (Fsp3) is 0.143. The van der Waals surface area contributed by atoms with Crippen molar-refractivity contribution in [2.45, 2.75) is 6.04 Å². The monoisotopic (exact) mass is 471 g/mol. The second kappa shape index (κ2) is 6.68. The van der Waals surface area contributed by atoms with Crippen LogP contribution in [0.5, 0.6) is 0 Å². The van der Waals surface area contributed by atoms with Crippen LogP contribution in [0.15, 0.2) is 34.8 Å². The normalized spacial score (nSPS) is 12.5. The summed E-state index contributed by atoms with van der Waals surface area (Å²) in [6.45, 7) is 0. The third-order valence-electron chi connectivity index (χ3n) is 2.93. The summed E-state index contributed by atoms with van der Waals surface area (Å²) in [6.07, 6.45) is 0. The van der Waals surface area contributed by atoms with Gasteiger partial charge in [-0.2, -0.15) is 0 Å². The molecule has 1 atom stereocenters. The summed E-state index contributed by atoms with van der Waals surface area (Å²) in [6, 6.07) is 7.25. The number of hydrogen-bond acceptors (Lipinski definition) is 1. The van der Waals surface area contributed by atoms with Gasteiger partial charge >= 0.3 is 0 Å². The largest absolute Gasteiger partial charge is 0.309 e.